The normalized spacial score (nSPS) is 12.5. The molecule has 4 N–H and O–H groups in total. The van der Waals surface area contributed by atoms with Gasteiger partial charge in [-0.25, -0.2) is 26.3 Å². The largest absolute Gasteiger partial charge is 0.398 e. The number of nitrogens with two attached hydrogens (primary N) is 1. The van der Waals surface area contributed by atoms with E-state index in [-0.39, 0.29) is 18.0 Å². The summed E-state index contributed by atoms with van der Waals surface area (Å²) in [7, 11) is -6.95. The van der Waals surface area contributed by atoms with Crippen LogP contribution in [0.2, 0.25) is 0 Å². The predicted octanol–water partition coefficient (Wildman–Crippen LogP) is 0.557. The molecule has 0 aliphatic heterocycles. The average molecular weight is 400 g/mol. The molecule has 0 radical (unpaired) electrons. The Morgan fingerprint density at radius 1 is 1.14 bits per heavy atom. The van der Waals surface area contributed by atoms with E-state index in [1.807, 2.05) is 0 Å². The second kappa shape index (κ2) is 7.05. The summed E-state index contributed by atoms with van der Waals surface area (Å²) in [5.41, 5.74) is 6.59. The zero-order chi connectivity index (χ0) is 16.3. The first-order chi connectivity index (χ1) is 9.53. The lowest BCUT2D eigenvalue weighted by molar-refractivity contribution is 0.574. The lowest BCUT2D eigenvalue weighted by atomic mass is 10.2. The van der Waals surface area contributed by atoms with Gasteiger partial charge in [0.15, 0.2) is 0 Å². The van der Waals surface area contributed by atoms with Gasteiger partial charge in [0.05, 0.1) is 11.2 Å². The second-order valence-electron chi connectivity index (χ2n) is 4.54. The first-order valence-corrected chi connectivity index (χ1v) is 10.2. The van der Waals surface area contributed by atoms with Crippen molar-refractivity contribution in [2.24, 2.45) is 0 Å². The van der Waals surface area contributed by atoms with Crippen molar-refractivity contribution in [3.8, 4) is 0 Å². The molecule has 0 unspecified atom stereocenters. The van der Waals surface area contributed by atoms with Gasteiger partial charge in [-0.2, -0.15) is 0 Å². The number of hydrogen-bond acceptors (Lipinski definition) is 5. The fourth-order valence-corrected chi connectivity index (χ4v) is 4.10. The summed E-state index contributed by atoms with van der Waals surface area (Å²) in [5.74, 6) is 0. The van der Waals surface area contributed by atoms with Crippen molar-refractivity contribution in [1.82, 2.24) is 9.44 Å². The van der Waals surface area contributed by atoms with Crippen molar-refractivity contribution in [2.45, 2.75) is 18.2 Å². The van der Waals surface area contributed by atoms with Gasteiger partial charge in [-0.15, -0.1) is 0 Å². The maximum absolute atomic E-state index is 12.2. The van der Waals surface area contributed by atoms with Gasteiger partial charge in [0, 0.05) is 23.2 Å². The molecular weight excluding hydrogens is 382 g/mol. The minimum atomic E-state index is -3.69. The Morgan fingerprint density at radius 2 is 1.71 bits per heavy atom. The molecule has 21 heavy (non-hydrogen) atoms. The maximum atomic E-state index is 12.2. The maximum Gasteiger partial charge on any atom is 0.240 e. The number of halogens is 1. The van der Waals surface area contributed by atoms with Gasteiger partial charge < -0.3 is 5.73 Å². The zero-order valence-electron chi connectivity index (χ0n) is 11.7. The van der Waals surface area contributed by atoms with Gasteiger partial charge in [0.1, 0.15) is 0 Å². The molecule has 0 saturated carbocycles. The number of nitrogens with one attached hydrogen (secondary N) is 2. The minimum Gasteiger partial charge on any atom is -0.398 e. The first kappa shape index (κ1) is 18.4. The third kappa shape index (κ3) is 5.91. The van der Waals surface area contributed by atoms with Crippen LogP contribution in [0.3, 0.4) is 0 Å². The molecule has 0 atom stereocenters. The van der Waals surface area contributed by atoms with Crippen LogP contribution >= 0.6 is 15.9 Å². The van der Waals surface area contributed by atoms with Crippen LogP contribution in [0.15, 0.2) is 21.5 Å². The average Bonchev–Trinajstić information content (AvgIpc) is 2.31. The molecule has 0 aliphatic rings. The van der Waals surface area contributed by atoms with E-state index in [0.717, 1.165) is 6.26 Å². The highest BCUT2D eigenvalue weighted by Crippen LogP contribution is 2.26. The SMILES string of the molecule is Cc1c(N)cc(Br)cc1S(=O)(=O)NCCCNS(C)(=O)=O. The Kier molecular flexibility index (Phi) is 6.17. The molecule has 0 aromatic heterocycles. The zero-order valence-corrected chi connectivity index (χ0v) is 14.9. The van der Waals surface area contributed by atoms with Crippen LogP contribution in [-0.4, -0.2) is 36.2 Å². The van der Waals surface area contributed by atoms with Crippen molar-refractivity contribution >= 4 is 41.7 Å². The Balaban J connectivity index is 2.71. The van der Waals surface area contributed by atoms with Crippen molar-refractivity contribution in [3.05, 3.63) is 22.2 Å². The van der Waals surface area contributed by atoms with E-state index < -0.39 is 20.0 Å². The third-order valence-electron chi connectivity index (χ3n) is 2.66. The number of rotatable bonds is 7. The number of sulfonamides is 2. The number of anilines is 1. The molecule has 0 amide bonds. The van der Waals surface area contributed by atoms with Gasteiger partial charge in [0.25, 0.3) is 0 Å². The van der Waals surface area contributed by atoms with Gasteiger partial charge in [-0.3, -0.25) is 0 Å². The smallest absolute Gasteiger partial charge is 0.240 e. The van der Waals surface area contributed by atoms with Gasteiger partial charge in [-0.1, -0.05) is 15.9 Å². The van der Waals surface area contributed by atoms with Crippen LogP contribution in [0, 0.1) is 6.92 Å². The lowest BCUT2D eigenvalue weighted by Gasteiger charge is -2.11. The van der Waals surface area contributed by atoms with E-state index in [4.69, 9.17) is 5.73 Å². The van der Waals surface area contributed by atoms with Crippen LogP contribution in [-0.2, 0) is 20.0 Å². The molecule has 0 heterocycles. The summed E-state index contributed by atoms with van der Waals surface area (Å²) in [6.45, 7) is 1.92. The molecule has 120 valence electrons. The Morgan fingerprint density at radius 3 is 2.29 bits per heavy atom. The summed E-state index contributed by atoms with van der Waals surface area (Å²) in [4.78, 5) is 0.102. The molecule has 0 saturated heterocycles. The van der Waals surface area contributed by atoms with Crippen molar-refractivity contribution in [1.29, 1.82) is 0 Å². The van der Waals surface area contributed by atoms with Gasteiger partial charge in [-0.05, 0) is 31.0 Å². The quantitative estimate of drug-likeness (QED) is 0.457. The molecule has 0 bridgehead atoms. The fraction of sp³-hybridized carbons (Fsp3) is 0.455. The molecule has 0 spiro atoms. The second-order valence-corrected chi connectivity index (χ2v) is 9.02. The monoisotopic (exact) mass is 399 g/mol. The van der Waals surface area contributed by atoms with Crippen molar-refractivity contribution in [3.63, 3.8) is 0 Å². The first-order valence-electron chi connectivity index (χ1n) is 6.03. The molecule has 0 aliphatic carbocycles. The molecule has 7 nitrogen and oxygen atoms in total. The van der Waals surface area contributed by atoms with Crippen LogP contribution in [0.5, 0.6) is 0 Å². The Labute approximate surface area is 133 Å². The molecule has 0 fully saturated rings. The summed E-state index contributed by atoms with van der Waals surface area (Å²) in [5, 5.41) is 0. The fourth-order valence-electron chi connectivity index (χ4n) is 1.58. The van der Waals surface area contributed by atoms with Crippen molar-refractivity contribution in [2.75, 3.05) is 25.1 Å². The summed E-state index contributed by atoms with van der Waals surface area (Å²) < 4.78 is 51.4. The molecule has 1 aromatic rings. The van der Waals surface area contributed by atoms with E-state index in [2.05, 4.69) is 25.4 Å². The molecular formula is C11H18BrN3O4S2. The lowest BCUT2D eigenvalue weighted by Crippen LogP contribution is -2.29. The van der Waals surface area contributed by atoms with Crippen molar-refractivity contribution < 1.29 is 16.8 Å². The summed E-state index contributed by atoms with van der Waals surface area (Å²) in [6, 6.07) is 3.10. The standard InChI is InChI=1S/C11H18BrN3O4S2/c1-8-10(13)6-9(12)7-11(8)21(18,19)15-5-3-4-14-20(2,16)17/h6-7,14-15H,3-5,13H2,1-2H3. The highest BCUT2D eigenvalue weighted by molar-refractivity contribution is 9.10. The van der Waals surface area contributed by atoms with Crippen LogP contribution in [0.4, 0.5) is 5.69 Å². The molecule has 1 aromatic carbocycles. The van der Waals surface area contributed by atoms with E-state index in [0.29, 0.717) is 22.1 Å². The minimum absolute atomic E-state index is 0.102. The number of hydrogen-bond donors (Lipinski definition) is 3. The number of benzene rings is 1. The third-order valence-corrected chi connectivity index (χ3v) is 5.44. The van der Waals surface area contributed by atoms with Crippen LogP contribution in [0.1, 0.15) is 12.0 Å². The topological polar surface area (TPSA) is 118 Å². The van der Waals surface area contributed by atoms with Crippen LogP contribution < -0.4 is 15.2 Å². The Hall–Kier alpha value is -0.680. The van der Waals surface area contributed by atoms with E-state index >= 15 is 0 Å². The molecule has 10 heteroatoms. The highest BCUT2D eigenvalue weighted by atomic mass is 79.9. The molecule has 1 rings (SSSR count). The van der Waals surface area contributed by atoms with Crippen LogP contribution in [0.25, 0.3) is 0 Å². The number of nitrogen functional groups attached to an aromatic ring is 1. The predicted molar refractivity (Wildman–Crippen MR) is 85.9 cm³/mol. The summed E-state index contributed by atoms with van der Waals surface area (Å²) in [6.07, 6.45) is 1.39. The summed E-state index contributed by atoms with van der Waals surface area (Å²) >= 11 is 3.21. The van der Waals surface area contributed by atoms with E-state index in [9.17, 15) is 16.8 Å². The Bertz CT molecular complexity index is 717. The van der Waals surface area contributed by atoms with E-state index in [1.54, 1.807) is 13.0 Å². The highest BCUT2D eigenvalue weighted by Gasteiger charge is 2.18. The van der Waals surface area contributed by atoms with Gasteiger partial charge >= 0.3 is 0 Å². The van der Waals surface area contributed by atoms with Gasteiger partial charge in [0.2, 0.25) is 20.0 Å². The van der Waals surface area contributed by atoms with E-state index in [1.165, 1.54) is 6.07 Å².